The van der Waals surface area contributed by atoms with E-state index in [0.717, 1.165) is 18.4 Å². The average Bonchev–Trinajstić information content (AvgIpc) is 2.50. The van der Waals surface area contributed by atoms with Crippen molar-refractivity contribution in [2.24, 2.45) is 11.7 Å². The Kier molecular flexibility index (Phi) is 7.91. The fraction of sp³-hybridized carbons (Fsp3) is 0.556. The van der Waals surface area contributed by atoms with Crippen LogP contribution in [0.3, 0.4) is 0 Å². The van der Waals surface area contributed by atoms with E-state index in [1.165, 1.54) is 26.2 Å². The molecule has 0 amide bonds. The van der Waals surface area contributed by atoms with Crippen LogP contribution in [-0.2, 0) is 11.3 Å². The molecule has 3 heteroatoms. The highest BCUT2D eigenvalue weighted by molar-refractivity contribution is 6.10. The van der Waals surface area contributed by atoms with Gasteiger partial charge in [0.05, 0.1) is 5.92 Å². The number of carbonyl (C=O) groups excluding carboxylic acids is 2. The number of Topliss-reactive ketones (excluding diaryl/α,β-unsaturated/α-hetero) is 2. The van der Waals surface area contributed by atoms with Crippen molar-refractivity contribution in [2.75, 3.05) is 0 Å². The van der Waals surface area contributed by atoms with Crippen molar-refractivity contribution >= 4 is 11.6 Å². The fourth-order valence-corrected chi connectivity index (χ4v) is 2.48. The van der Waals surface area contributed by atoms with Gasteiger partial charge in [-0.1, -0.05) is 63.3 Å². The van der Waals surface area contributed by atoms with E-state index in [0.29, 0.717) is 18.5 Å². The number of ketones is 2. The number of carbonyl (C=O) groups is 2. The Morgan fingerprint density at radius 1 is 1.05 bits per heavy atom. The fourth-order valence-electron chi connectivity index (χ4n) is 2.48. The van der Waals surface area contributed by atoms with E-state index in [1.54, 1.807) is 12.1 Å². The minimum Gasteiger partial charge on any atom is -0.326 e. The molecule has 1 aromatic rings. The lowest BCUT2D eigenvalue weighted by atomic mass is 9.89. The van der Waals surface area contributed by atoms with E-state index in [1.807, 2.05) is 12.1 Å². The molecule has 116 valence electrons. The second-order valence-corrected chi connectivity index (χ2v) is 5.63. The molecule has 0 aromatic heterocycles. The number of hydrogen-bond donors (Lipinski definition) is 1. The summed E-state index contributed by atoms with van der Waals surface area (Å²) < 4.78 is 0. The van der Waals surface area contributed by atoms with Crippen molar-refractivity contribution in [3.05, 3.63) is 35.4 Å². The molecule has 0 aliphatic rings. The summed E-state index contributed by atoms with van der Waals surface area (Å²) in [5.74, 6) is -0.574. The lowest BCUT2D eigenvalue weighted by molar-refractivity contribution is -0.119. The van der Waals surface area contributed by atoms with Crippen molar-refractivity contribution in [1.29, 1.82) is 0 Å². The van der Waals surface area contributed by atoms with Crippen molar-refractivity contribution in [3.63, 3.8) is 0 Å². The summed E-state index contributed by atoms with van der Waals surface area (Å²) >= 11 is 0. The van der Waals surface area contributed by atoms with E-state index in [-0.39, 0.29) is 11.6 Å². The number of benzene rings is 1. The van der Waals surface area contributed by atoms with Gasteiger partial charge in [-0.15, -0.1) is 0 Å². The van der Waals surface area contributed by atoms with Crippen LogP contribution < -0.4 is 5.73 Å². The van der Waals surface area contributed by atoms with Gasteiger partial charge in [-0.05, 0) is 18.9 Å². The van der Waals surface area contributed by atoms with Gasteiger partial charge >= 0.3 is 0 Å². The molecule has 1 rings (SSSR count). The van der Waals surface area contributed by atoms with Crippen LogP contribution in [0.5, 0.6) is 0 Å². The summed E-state index contributed by atoms with van der Waals surface area (Å²) in [5, 5.41) is 0. The first-order valence-corrected chi connectivity index (χ1v) is 7.93. The lowest BCUT2D eigenvalue weighted by Gasteiger charge is -2.13. The number of rotatable bonds is 10. The maximum atomic E-state index is 12.5. The van der Waals surface area contributed by atoms with Crippen LogP contribution in [0.1, 0.15) is 68.3 Å². The van der Waals surface area contributed by atoms with Gasteiger partial charge in [0.2, 0.25) is 0 Å². The normalized spacial score (nSPS) is 12.1. The Balaban J connectivity index is 2.61. The van der Waals surface area contributed by atoms with Gasteiger partial charge in [0.1, 0.15) is 5.78 Å². The first kappa shape index (κ1) is 17.6. The zero-order valence-electron chi connectivity index (χ0n) is 13.2. The third-order valence-corrected chi connectivity index (χ3v) is 3.88. The SMILES string of the molecule is CCCCCCCC(C(C)=O)C(=O)c1ccc(CN)cc1. The van der Waals surface area contributed by atoms with Gasteiger partial charge < -0.3 is 5.73 Å². The third kappa shape index (κ3) is 5.80. The van der Waals surface area contributed by atoms with E-state index in [4.69, 9.17) is 5.73 Å². The van der Waals surface area contributed by atoms with Crippen molar-refractivity contribution in [2.45, 2.75) is 58.9 Å². The van der Waals surface area contributed by atoms with Crippen LogP contribution >= 0.6 is 0 Å². The molecule has 1 atom stereocenters. The lowest BCUT2D eigenvalue weighted by Crippen LogP contribution is -2.22. The van der Waals surface area contributed by atoms with Crippen molar-refractivity contribution in [1.82, 2.24) is 0 Å². The second-order valence-electron chi connectivity index (χ2n) is 5.63. The molecular weight excluding hydrogens is 262 g/mol. The van der Waals surface area contributed by atoms with Crippen LogP contribution in [0.4, 0.5) is 0 Å². The van der Waals surface area contributed by atoms with Crippen LogP contribution in [0, 0.1) is 5.92 Å². The van der Waals surface area contributed by atoms with Gasteiger partial charge in [-0.3, -0.25) is 9.59 Å². The van der Waals surface area contributed by atoms with Crippen LogP contribution in [0.25, 0.3) is 0 Å². The molecule has 0 aliphatic heterocycles. The summed E-state index contributed by atoms with van der Waals surface area (Å²) in [6.45, 7) is 4.15. The number of nitrogens with two attached hydrogens (primary N) is 1. The Bertz CT molecular complexity index is 451. The summed E-state index contributed by atoms with van der Waals surface area (Å²) in [7, 11) is 0. The molecule has 2 N–H and O–H groups in total. The monoisotopic (exact) mass is 289 g/mol. The molecule has 0 saturated carbocycles. The molecule has 0 heterocycles. The van der Waals surface area contributed by atoms with Crippen molar-refractivity contribution in [3.8, 4) is 0 Å². The molecule has 0 bridgehead atoms. The smallest absolute Gasteiger partial charge is 0.173 e. The molecule has 0 radical (unpaired) electrons. The number of hydrogen-bond acceptors (Lipinski definition) is 3. The first-order chi connectivity index (χ1) is 10.1. The zero-order valence-corrected chi connectivity index (χ0v) is 13.2. The molecule has 0 fully saturated rings. The summed E-state index contributed by atoms with van der Waals surface area (Å²) in [4.78, 5) is 24.2. The molecule has 3 nitrogen and oxygen atoms in total. The van der Waals surface area contributed by atoms with Gasteiger partial charge in [-0.2, -0.15) is 0 Å². The second kappa shape index (κ2) is 9.46. The quantitative estimate of drug-likeness (QED) is 0.404. The van der Waals surface area contributed by atoms with Crippen LogP contribution in [-0.4, -0.2) is 11.6 Å². The predicted octanol–water partition coefficient (Wildman–Crippen LogP) is 3.89. The van der Waals surface area contributed by atoms with Crippen LogP contribution in [0.2, 0.25) is 0 Å². The van der Waals surface area contributed by atoms with Crippen molar-refractivity contribution < 1.29 is 9.59 Å². The van der Waals surface area contributed by atoms with Gasteiger partial charge in [-0.25, -0.2) is 0 Å². The highest BCUT2D eigenvalue weighted by Gasteiger charge is 2.23. The standard InChI is InChI=1S/C18H27NO2/c1-3-4-5-6-7-8-17(14(2)20)18(21)16-11-9-15(13-19)10-12-16/h9-12,17H,3-8,13,19H2,1-2H3. The van der Waals surface area contributed by atoms with E-state index in [9.17, 15) is 9.59 Å². The molecule has 21 heavy (non-hydrogen) atoms. The highest BCUT2D eigenvalue weighted by atomic mass is 16.1. The van der Waals surface area contributed by atoms with Gasteiger partial charge in [0.25, 0.3) is 0 Å². The largest absolute Gasteiger partial charge is 0.326 e. The predicted molar refractivity (Wildman–Crippen MR) is 86.2 cm³/mol. The third-order valence-electron chi connectivity index (χ3n) is 3.88. The maximum absolute atomic E-state index is 12.5. The summed E-state index contributed by atoms with van der Waals surface area (Å²) in [6, 6.07) is 7.26. The minimum absolute atomic E-state index is 0.0293. The topological polar surface area (TPSA) is 60.2 Å². The van der Waals surface area contributed by atoms with E-state index >= 15 is 0 Å². The summed E-state index contributed by atoms with van der Waals surface area (Å²) in [6.07, 6.45) is 6.30. The van der Waals surface area contributed by atoms with Crippen LogP contribution in [0.15, 0.2) is 24.3 Å². The first-order valence-electron chi connectivity index (χ1n) is 7.93. The Hall–Kier alpha value is -1.48. The molecule has 0 spiro atoms. The zero-order chi connectivity index (χ0) is 15.7. The Labute approximate surface area is 127 Å². The molecule has 0 saturated heterocycles. The Morgan fingerprint density at radius 2 is 1.67 bits per heavy atom. The van der Waals surface area contributed by atoms with E-state index < -0.39 is 5.92 Å². The number of unbranched alkanes of at least 4 members (excludes halogenated alkanes) is 4. The molecular formula is C18H27NO2. The van der Waals surface area contributed by atoms with E-state index in [2.05, 4.69) is 6.92 Å². The highest BCUT2D eigenvalue weighted by Crippen LogP contribution is 2.18. The van der Waals surface area contributed by atoms with Gasteiger partial charge in [0.15, 0.2) is 5.78 Å². The van der Waals surface area contributed by atoms with Gasteiger partial charge in [0, 0.05) is 12.1 Å². The average molecular weight is 289 g/mol. The molecule has 1 aromatic carbocycles. The summed E-state index contributed by atoms with van der Waals surface area (Å²) in [5.41, 5.74) is 7.15. The molecule has 0 aliphatic carbocycles. The maximum Gasteiger partial charge on any atom is 0.173 e. The Morgan fingerprint density at radius 3 is 2.19 bits per heavy atom. The minimum atomic E-state index is -0.490. The molecule has 1 unspecified atom stereocenters.